The number of carboxylic acid groups (broad SMARTS) is 1. The summed E-state index contributed by atoms with van der Waals surface area (Å²) in [6, 6.07) is 8.03. The second-order valence-electron chi connectivity index (χ2n) is 4.65. The molecule has 0 radical (unpaired) electrons. The Balaban J connectivity index is 2.39. The molecule has 19 heavy (non-hydrogen) atoms. The fourth-order valence-electron chi connectivity index (χ4n) is 2.20. The Hall–Kier alpha value is -1.74. The third kappa shape index (κ3) is 3.18. The summed E-state index contributed by atoms with van der Waals surface area (Å²) in [4.78, 5) is 10.7. The second-order valence-corrected chi connectivity index (χ2v) is 4.87. The van der Waals surface area contributed by atoms with Crippen LogP contribution in [0, 0.1) is 0 Å². The van der Waals surface area contributed by atoms with E-state index in [9.17, 15) is 4.79 Å². The van der Waals surface area contributed by atoms with Crippen molar-refractivity contribution in [3.63, 3.8) is 0 Å². The van der Waals surface area contributed by atoms with E-state index in [1.54, 1.807) is 5.54 Å². The van der Waals surface area contributed by atoms with Gasteiger partial charge < -0.3 is 9.67 Å². The Bertz CT molecular complexity index is 628. The molecule has 0 bridgehead atoms. The molecule has 2 rings (SSSR count). The van der Waals surface area contributed by atoms with E-state index in [2.05, 4.69) is 4.57 Å². The normalized spacial score (nSPS) is 12.0. The van der Waals surface area contributed by atoms with Crippen LogP contribution in [-0.4, -0.2) is 15.6 Å². The van der Waals surface area contributed by atoms with Gasteiger partial charge in [-0.05, 0) is 30.5 Å². The number of hydrogen-bond donors (Lipinski definition) is 1. The van der Waals surface area contributed by atoms with Gasteiger partial charge in [0, 0.05) is 35.6 Å². The Morgan fingerprint density at radius 1 is 1.42 bits per heavy atom. The van der Waals surface area contributed by atoms with Crippen molar-refractivity contribution in [2.45, 2.75) is 26.3 Å². The first-order valence-corrected chi connectivity index (χ1v) is 6.60. The molecular formula is C15H16ClNO2. The van der Waals surface area contributed by atoms with Gasteiger partial charge in [-0.3, -0.25) is 4.79 Å². The predicted molar refractivity (Wildman–Crippen MR) is 77.5 cm³/mol. The van der Waals surface area contributed by atoms with E-state index in [1.165, 1.54) is 0 Å². The van der Waals surface area contributed by atoms with Crippen LogP contribution in [0.2, 0.25) is 0 Å². The Morgan fingerprint density at radius 3 is 2.84 bits per heavy atom. The van der Waals surface area contributed by atoms with Crippen molar-refractivity contribution >= 4 is 28.5 Å². The summed E-state index contributed by atoms with van der Waals surface area (Å²) in [5, 5.41) is 9.92. The van der Waals surface area contributed by atoms with Crippen molar-refractivity contribution in [2.24, 2.45) is 0 Å². The highest BCUT2D eigenvalue weighted by atomic mass is 35.5. The Kier molecular flexibility index (Phi) is 4.27. The number of fused-ring (bicyclic) bond motifs is 1. The van der Waals surface area contributed by atoms with Crippen LogP contribution < -0.4 is 0 Å². The van der Waals surface area contributed by atoms with Gasteiger partial charge in [0.25, 0.3) is 0 Å². The van der Waals surface area contributed by atoms with Crippen molar-refractivity contribution in [3.8, 4) is 0 Å². The van der Waals surface area contributed by atoms with Gasteiger partial charge in [-0.15, -0.1) is 0 Å². The van der Waals surface area contributed by atoms with E-state index >= 15 is 0 Å². The number of halogens is 1. The standard InChI is InChI=1S/C15H16ClNO2/c1-11(8-16)9-17-10-12(6-7-15(18)19)13-4-2-3-5-14(13)17/h2-5,8,10H,6-7,9H2,1H3,(H,18,19)/b11-8-. The molecule has 0 saturated carbocycles. The summed E-state index contributed by atoms with van der Waals surface area (Å²) in [6.45, 7) is 2.69. The lowest BCUT2D eigenvalue weighted by molar-refractivity contribution is -0.136. The number of aromatic nitrogens is 1. The van der Waals surface area contributed by atoms with Crippen LogP contribution in [0.4, 0.5) is 0 Å². The number of rotatable bonds is 5. The molecule has 0 spiro atoms. The van der Waals surface area contributed by atoms with E-state index in [0.29, 0.717) is 6.42 Å². The zero-order valence-corrected chi connectivity index (χ0v) is 11.5. The van der Waals surface area contributed by atoms with Gasteiger partial charge in [-0.25, -0.2) is 0 Å². The van der Waals surface area contributed by atoms with Crippen molar-refractivity contribution < 1.29 is 9.90 Å². The van der Waals surface area contributed by atoms with Gasteiger partial charge in [-0.1, -0.05) is 29.8 Å². The third-order valence-corrected chi connectivity index (χ3v) is 3.46. The van der Waals surface area contributed by atoms with Gasteiger partial charge in [0.2, 0.25) is 0 Å². The maximum Gasteiger partial charge on any atom is 0.303 e. The minimum absolute atomic E-state index is 0.151. The van der Waals surface area contributed by atoms with Crippen LogP contribution in [0.25, 0.3) is 10.9 Å². The zero-order chi connectivity index (χ0) is 13.8. The predicted octanol–water partition coefficient (Wildman–Crippen LogP) is 3.80. The van der Waals surface area contributed by atoms with Gasteiger partial charge in [-0.2, -0.15) is 0 Å². The van der Waals surface area contributed by atoms with E-state index in [0.717, 1.165) is 28.6 Å². The summed E-state index contributed by atoms with van der Waals surface area (Å²) in [7, 11) is 0. The number of aliphatic carboxylic acids is 1. The van der Waals surface area contributed by atoms with Crippen molar-refractivity contribution in [1.82, 2.24) is 4.57 Å². The summed E-state index contributed by atoms with van der Waals surface area (Å²) >= 11 is 5.71. The maximum atomic E-state index is 10.7. The van der Waals surface area contributed by atoms with Crippen molar-refractivity contribution in [1.29, 1.82) is 0 Å². The summed E-state index contributed by atoms with van der Waals surface area (Å²) < 4.78 is 2.11. The number of para-hydroxylation sites is 1. The number of hydrogen-bond acceptors (Lipinski definition) is 1. The quantitative estimate of drug-likeness (QED) is 0.903. The number of nitrogens with zero attached hydrogens (tertiary/aromatic N) is 1. The van der Waals surface area contributed by atoms with E-state index < -0.39 is 5.97 Å². The molecule has 3 nitrogen and oxygen atoms in total. The molecule has 0 aliphatic heterocycles. The SMILES string of the molecule is C/C(=C/Cl)Cn1cc(CCC(=O)O)c2ccccc21. The molecule has 0 amide bonds. The minimum Gasteiger partial charge on any atom is -0.481 e. The molecular weight excluding hydrogens is 262 g/mol. The number of carbonyl (C=O) groups is 1. The van der Waals surface area contributed by atoms with Gasteiger partial charge in [0.15, 0.2) is 0 Å². The lowest BCUT2D eigenvalue weighted by Crippen LogP contribution is -1.98. The average molecular weight is 278 g/mol. The number of carboxylic acids is 1. The fraction of sp³-hybridized carbons (Fsp3) is 0.267. The molecule has 0 saturated heterocycles. The Morgan fingerprint density at radius 2 is 2.16 bits per heavy atom. The summed E-state index contributed by atoms with van der Waals surface area (Å²) in [5.74, 6) is -0.770. The molecule has 1 aromatic carbocycles. The lowest BCUT2D eigenvalue weighted by Gasteiger charge is -2.04. The van der Waals surface area contributed by atoms with Gasteiger partial charge in [0.1, 0.15) is 0 Å². The zero-order valence-electron chi connectivity index (χ0n) is 10.8. The van der Waals surface area contributed by atoms with Crippen molar-refractivity contribution in [3.05, 3.63) is 47.1 Å². The molecule has 0 atom stereocenters. The van der Waals surface area contributed by atoms with Crippen LogP contribution in [0.1, 0.15) is 18.9 Å². The van der Waals surface area contributed by atoms with Gasteiger partial charge >= 0.3 is 5.97 Å². The molecule has 1 N–H and O–H groups in total. The van der Waals surface area contributed by atoms with Crippen LogP contribution in [0.3, 0.4) is 0 Å². The summed E-state index contributed by atoms with van der Waals surface area (Å²) in [5.41, 5.74) is 4.82. The molecule has 0 unspecified atom stereocenters. The molecule has 0 aliphatic rings. The fourth-order valence-corrected chi connectivity index (χ4v) is 2.27. The van der Waals surface area contributed by atoms with E-state index in [4.69, 9.17) is 16.7 Å². The molecule has 0 fully saturated rings. The van der Waals surface area contributed by atoms with Crippen LogP contribution in [0.15, 0.2) is 41.6 Å². The van der Waals surface area contributed by atoms with Crippen LogP contribution in [0.5, 0.6) is 0 Å². The van der Waals surface area contributed by atoms with Crippen molar-refractivity contribution in [2.75, 3.05) is 0 Å². The minimum atomic E-state index is -0.770. The van der Waals surface area contributed by atoms with Gasteiger partial charge in [0.05, 0.1) is 0 Å². The average Bonchev–Trinajstić information content (AvgIpc) is 2.75. The Labute approximate surface area is 117 Å². The third-order valence-electron chi connectivity index (χ3n) is 3.09. The summed E-state index contributed by atoms with van der Waals surface area (Å²) in [6.07, 6.45) is 2.72. The first kappa shape index (κ1) is 13.7. The highest BCUT2D eigenvalue weighted by Gasteiger charge is 2.09. The number of benzene rings is 1. The highest BCUT2D eigenvalue weighted by Crippen LogP contribution is 2.23. The smallest absolute Gasteiger partial charge is 0.303 e. The second kappa shape index (κ2) is 5.93. The molecule has 100 valence electrons. The maximum absolute atomic E-state index is 10.7. The highest BCUT2D eigenvalue weighted by molar-refractivity contribution is 6.25. The van der Waals surface area contributed by atoms with Crippen LogP contribution >= 0.6 is 11.6 Å². The molecule has 2 aromatic rings. The first-order chi connectivity index (χ1) is 9.11. The largest absolute Gasteiger partial charge is 0.481 e. The number of aryl methyl sites for hydroxylation is 1. The monoisotopic (exact) mass is 277 g/mol. The lowest BCUT2D eigenvalue weighted by atomic mass is 10.1. The van der Waals surface area contributed by atoms with Crippen LogP contribution in [-0.2, 0) is 17.8 Å². The molecule has 4 heteroatoms. The first-order valence-electron chi connectivity index (χ1n) is 6.16. The molecule has 0 aliphatic carbocycles. The van der Waals surface area contributed by atoms with E-state index in [-0.39, 0.29) is 6.42 Å². The number of allylic oxidation sites excluding steroid dienone is 1. The van der Waals surface area contributed by atoms with E-state index in [1.807, 2.05) is 37.4 Å². The molecule has 1 heterocycles. The molecule has 1 aromatic heterocycles. The topological polar surface area (TPSA) is 42.2 Å².